The molecule has 0 heterocycles. The molecule has 0 aromatic heterocycles. The molecule has 0 saturated carbocycles. The van der Waals surface area contributed by atoms with Crippen LogP contribution in [0.15, 0.2) is 29.2 Å². The molecule has 0 spiro atoms. The van der Waals surface area contributed by atoms with Crippen LogP contribution in [0.3, 0.4) is 0 Å². The Hall–Kier alpha value is -1.93. The van der Waals surface area contributed by atoms with E-state index in [0.717, 1.165) is 0 Å². The first-order valence-corrected chi connectivity index (χ1v) is 9.17. The van der Waals surface area contributed by atoms with Crippen molar-refractivity contribution >= 4 is 21.8 Å². The number of carbonyl (C=O) groups is 2. The number of likely N-dealkylation sites (N-methyl/N-ethyl adjacent to an activating group) is 1. The summed E-state index contributed by atoms with van der Waals surface area (Å²) in [6.07, 6.45) is 0. The molecule has 0 radical (unpaired) electrons. The maximum atomic E-state index is 12.3. The standard InChI is InChI=1S/C16H25N3O4S/c1-6-17-14(20)11(2)18-15(21)12-8-7-9-13(10-12)24(22,23)19-16(3,4)5/h7-11,19H,6H2,1-5H3,(H,17,20)(H,18,21)/t11-/m1/s1. The van der Waals surface area contributed by atoms with Crippen LogP contribution >= 0.6 is 0 Å². The smallest absolute Gasteiger partial charge is 0.251 e. The van der Waals surface area contributed by atoms with Gasteiger partial charge in [-0.25, -0.2) is 13.1 Å². The molecule has 0 aliphatic carbocycles. The number of rotatable bonds is 6. The van der Waals surface area contributed by atoms with E-state index in [1.165, 1.54) is 24.3 Å². The summed E-state index contributed by atoms with van der Waals surface area (Å²) in [5.41, 5.74) is -0.466. The van der Waals surface area contributed by atoms with Crippen molar-refractivity contribution in [3.8, 4) is 0 Å². The Morgan fingerprint density at radius 3 is 2.38 bits per heavy atom. The Labute approximate surface area is 143 Å². The van der Waals surface area contributed by atoms with Crippen LogP contribution < -0.4 is 15.4 Å². The molecule has 0 bridgehead atoms. The molecule has 0 saturated heterocycles. The minimum Gasteiger partial charge on any atom is -0.355 e. The molecule has 0 aliphatic rings. The van der Waals surface area contributed by atoms with Crippen molar-refractivity contribution in [3.05, 3.63) is 29.8 Å². The van der Waals surface area contributed by atoms with Crippen molar-refractivity contribution < 1.29 is 18.0 Å². The maximum Gasteiger partial charge on any atom is 0.251 e. The Morgan fingerprint density at radius 1 is 1.21 bits per heavy atom. The van der Waals surface area contributed by atoms with Gasteiger partial charge in [0.2, 0.25) is 15.9 Å². The highest BCUT2D eigenvalue weighted by molar-refractivity contribution is 7.89. The third kappa shape index (κ3) is 5.93. The van der Waals surface area contributed by atoms with Gasteiger partial charge in [-0.1, -0.05) is 6.07 Å². The average Bonchev–Trinajstić information content (AvgIpc) is 2.45. The van der Waals surface area contributed by atoms with E-state index in [2.05, 4.69) is 15.4 Å². The molecule has 3 N–H and O–H groups in total. The minimum absolute atomic E-state index is 0.00395. The number of hydrogen-bond acceptors (Lipinski definition) is 4. The second kappa shape index (κ2) is 7.76. The first-order valence-electron chi connectivity index (χ1n) is 7.69. The van der Waals surface area contributed by atoms with Gasteiger partial charge in [0.05, 0.1) is 4.90 Å². The summed E-state index contributed by atoms with van der Waals surface area (Å²) in [6.45, 7) is 9.00. The van der Waals surface area contributed by atoms with Crippen LogP contribution in [0, 0.1) is 0 Å². The van der Waals surface area contributed by atoms with Crippen LogP contribution in [0.25, 0.3) is 0 Å². The molecule has 2 amide bonds. The van der Waals surface area contributed by atoms with E-state index in [4.69, 9.17) is 0 Å². The predicted molar refractivity (Wildman–Crippen MR) is 92.1 cm³/mol. The minimum atomic E-state index is -3.74. The van der Waals surface area contributed by atoms with Crippen LogP contribution in [0.1, 0.15) is 45.0 Å². The lowest BCUT2D eigenvalue weighted by Gasteiger charge is -2.20. The fraction of sp³-hybridized carbons (Fsp3) is 0.500. The van der Waals surface area contributed by atoms with Gasteiger partial charge >= 0.3 is 0 Å². The number of carbonyl (C=O) groups excluding carboxylic acids is 2. The summed E-state index contributed by atoms with van der Waals surface area (Å²) >= 11 is 0. The average molecular weight is 355 g/mol. The highest BCUT2D eigenvalue weighted by Gasteiger charge is 2.23. The molecule has 1 rings (SSSR count). The van der Waals surface area contributed by atoms with Crippen molar-refractivity contribution in [1.82, 2.24) is 15.4 Å². The number of benzene rings is 1. The second-order valence-corrected chi connectivity index (χ2v) is 8.16. The highest BCUT2D eigenvalue weighted by Crippen LogP contribution is 2.14. The number of amides is 2. The molecular weight excluding hydrogens is 330 g/mol. The van der Waals surface area contributed by atoms with Gasteiger partial charge in [-0.15, -0.1) is 0 Å². The maximum absolute atomic E-state index is 12.3. The molecular formula is C16H25N3O4S. The van der Waals surface area contributed by atoms with Crippen molar-refractivity contribution in [3.63, 3.8) is 0 Å². The summed E-state index contributed by atoms with van der Waals surface area (Å²) in [4.78, 5) is 23.9. The predicted octanol–water partition coefficient (Wildman–Crippen LogP) is 1.02. The van der Waals surface area contributed by atoms with Gasteiger partial charge in [-0.2, -0.15) is 0 Å². The zero-order valence-electron chi connectivity index (χ0n) is 14.6. The van der Waals surface area contributed by atoms with Gasteiger partial charge in [0.1, 0.15) is 6.04 Å². The van der Waals surface area contributed by atoms with Gasteiger partial charge in [0.25, 0.3) is 5.91 Å². The normalized spacial score (nSPS) is 13.2. The lowest BCUT2D eigenvalue weighted by atomic mass is 10.1. The van der Waals surface area contributed by atoms with E-state index in [-0.39, 0.29) is 16.4 Å². The molecule has 1 aromatic carbocycles. The zero-order chi connectivity index (χ0) is 18.5. The quantitative estimate of drug-likeness (QED) is 0.708. The summed E-state index contributed by atoms with van der Waals surface area (Å²) in [6, 6.07) is 4.97. The number of sulfonamides is 1. The van der Waals surface area contributed by atoms with Gasteiger partial charge in [-0.3, -0.25) is 9.59 Å². The molecule has 0 fully saturated rings. The van der Waals surface area contributed by atoms with Crippen LogP contribution in [-0.4, -0.2) is 38.4 Å². The summed E-state index contributed by atoms with van der Waals surface area (Å²) in [5.74, 6) is -0.814. The molecule has 1 aromatic rings. The third-order valence-electron chi connectivity index (χ3n) is 2.94. The molecule has 8 heteroatoms. The van der Waals surface area contributed by atoms with E-state index in [0.29, 0.717) is 6.54 Å². The first kappa shape index (κ1) is 20.1. The second-order valence-electron chi connectivity index (χ2n) is 6.47. The van der Waals surface area contributed by atoms with Crippen molar-refractivity contribution in [1.29, 1.82) is 0 Å². The Balaban J connectivity index is 2.96. The largest absolute Gasteiger partial charge is 0.355 e. The Kier molecular flexibility index (Phi) is 6.50. The highest BCUT2D eigenvalue weighted by atomic mass is 32.2. The van der Waals surface area contributed by atoms with Crippen molar-refractivity contribution in [2.75, 3.05) is 6.54 Å². The number of hydrogen-bond donors (Lipinski definition) is 3. The van der Waals surface area contributed by atoms with E-state index in [9.17, 15) is 18.0 Å². The Bertz CT molecular complexity index is 708. The van der Waals surface area contributed by atoms with Crippen molar-refractivity contribution in [2.24, 2.45) is 0 Å². The van der Waals surface area contributed by atoms with Gasteiger partial charge in [0.15, 0.2) is 0 Å². The van der Waals surface area contributed by atoms with E-state index >= 15 is 0 Å². The Morgan fingerprint density at radius 2 is 1.83 bits per heavy atom. The molecule has 0 aliphatic heterocycles. The monoisotopic (exact) mass is 355 g/mol. The molecule has 134 valence electrons. The van der Waals surface area contributed by atoms with Crippen LogP contribution in [0.5, 0.6) is 0 Å². The van der Waals surface area contributed by atoms with E-state index in [1.807, 2.05) is 0 Å². The van der Waals surface area contributed by atoms with Gasteiger partial charge in [-0.05, 0) is 52.8 Å². The molecule has 0 unspecified atom stereocenters. The summed E-state index contributed by atoms with van der Waals surface area (Å²) < 4.78 is 27.2. The first-order chi connectivity index (χ1) is 11.0. The lowest BCUT2D eigenvalue weighted by Crippen LogP contribution is -2.44. The van der Waals surface area contributed by atoms with Crippen LogP contribution in [0.2, 0.25) is 0 Å². The lowest BCUT2D eigenvalue weighted by molar-refractivity contribution is -0.122. The summed E-state index contributed by atoms with van der Waals surface area (Å²) in [5, 5.41) is 5.15. The SMILES string of the molecule is CCNC(=O)[C@@H](C)NC(=O)c1cccc(S(=O)(=O)NC(C)(C)C)c1. The molecule has 24 heavy (non-hydrogen) atoms. The zero-order valence-corrected chi connectivity index (χ0v) is 15.5. The van der Waals surface area contributed by atoms with Crippen LogP contribution in [-0.2, 0) is 14.8 Å². The van der Waals surface area contributed by atoms with Crippen molar-refractivity contribution in [2.45, 2.75) is 51.1 Å². The summed E-state index contributed by atoms with van der Waals surface area (Å²) in [7, 11) is -3.74. The van der Waals surface area contributed by atoms with E-state index < -0.39 is 27.5 Å². The van der Waals surface area contributed by atoms with Gasteiger partial charge in [0, 0.05) is 17.6 Å². The third-order valence-corrected chi connectivity index (χ3v) is 4.69. The van der Waals surface area contributed by atoms with Crippen LogP contribution in [0.4, 0.5) is 0 Å². The fourth-order valence-electron chi connectivity index (χ4n) is 1.94. The fourth-order valence-corrected chi connectivity index (χ4v) is 3.40. The van der Waals surface area contributed by atoms with E-state index in [1.54, 1.807) is 34.6 Å². The molecule has 1 atom stereocenters. The topological polar surface area (TPSA) is 104 Å². The van der Waals surface area contributed by atoms with Gasteiger partial charge < -0.3 is 10.6 Å². The molecule has 7 nitrogen and oxygen atoms in total. The number of nitrogens with one attached hydrogen (secondary N) is 3.